The molecule has 2 heterocycles. The Morgan fingerprint density at radius 2 is 2.24 bits per heavy atom. The average molecular weight is 256 g/mol. The van der Waals surface area contributed by atoms with Crippen molar-refractivity contribution in [1.82, 2.24) is 9.88 Å². The van der Waals surface area contributed by atoms with Crippen LogP contribution in [0.5, 0.6) is 0 Å². The number of hydrogen-bond donors (Lipinski definition) is 1. The van der Waals surface area contributed by atoms with Gasteiger partial charge in [0.1, 0.15) is 6.61 Å². The van der Waals surface area contributed by atoms with E-state index in [2.05, 4.69) is 21.8 Å². The molecule has 1 aromatic rings. The average Bonchev–Trinajstić information content (AvgIpc) is 2.76. The third-order valence-corrected chi connectivity index (χ3v) is 3.70. The molecule has 0 saturated carbocycles. The SMILES string of the molecule is CN1CCN(c2ncc(COC(N)=O)s2)CC1. The number of anilines is 1. The molecule has 7 heteroatoms. The fourth-order valence-electron chi connectivity index (χ4n) is 1.65. The first-order chi connectivity index (χ1) is 8.15. The van der Waals surface area contributed by atoms with Crippen LogP contribution in [0.2, 0.25) is 0 Å². The third kappa shape index (κ3) is 3.31. The Morgan fingerprint density at radius 1 is 1.53 bits per heavy atom. The lowest BCUT2D eigenvalue weighted by molar-refractivity contribution is 0.151. The summed E-state index contributed by atoms with van der Waals surface area (Å²) in [6.07, 6.45) is 0.987. The van der Waals surface area contributed by atoms with Gasteiger partial charge >= 0.3 is 6.09 Å². The molecule has 2 N–H and O–H groups in total. The number of likely N-dealkylation sites (N-methyl/N-ethyl adjacent to an activating group) is 1. The molecular weight excluding hydrogens is 240 g/mol. The second-order valence-electron chi connectivity index (χ2n) is 4.01. The first-order valence-electron chi connectivity index (χ1n) is 5.45. The van der Waals surface area contributed by atoms with Crippen LogP contribution in [-0.2, 0) is 11.3 Å². The monoisotopic (exact) mass is 256 g/mol. The van der Waals surface area contributed by atoms with Gasteiger partial charge < -0.3 is 20.3 Å². The van der Waals surface area contributed by atoms with Crippen LogP contribution in [0.15, 0.2) is 6.20 Å². The van der Waals surface area contributed by atoms with Crippen molar-refractivity contribution < 1.29 is 9.53 Å². The first kappa shape index (κ1) is 12.1. The van der Waals surface area contributed by atoms with E-state index in [1.54, 1.807) is 17.5 Å². The quantitative estimate of drug-likeness (QED) is 0.852. The lowest BCUT2D eigenvalue weighted by atomic mass is 10.3. The van der Waals surface area contributed by atoms with Crippen molar-refractivity contribution in [3.05, 3.63) is 11.1 Å². The highest BCUT2D eigenvalue weighted by atomic mass is 32.1. The van der Waals surface area contributed by atoms with Crippen LogP contribution in [0.1, 0.15) is 4.88 Å². The molecule has 1 aliphatic heterocycles. The maximum absolute atomic E-state index is 10.5. The Labute approximate surface area is 104 Å². The van der Waals surface area contributed by atoms with Gasteiger partial charge in [0.25, 0.3) is 0 Å². The fourth-order valence-corrected chi connectivity index (χ4v) is 2.52. The highest BCUT2D eigenvalue weighted by Crippen LogP contribution is 2.23. The predicted molar refractivity (Wildman–Crippen MR) is 66.2 cm³/mol. The van der Waals surface area contributed by atoms with Gasteiger partial charge in [-0.05, 0) is 7.05 Å². The summed E-state index contributed by atoms with van der Waals surface area (Å²) in [7, 11) is 2.12. The van der Waals surface area contributed by atoms with Crippen molar-refractivity contribution in [3.8, 4) is 0 Å². The van der Waals surface area contributed by atoms with Crippen molar-refractivity contribution in [2.75, 3.05) is 38.1 Å². The molecule has 0 atom stereocenters. The van der Waals surface area contributed by atoms with E-state index in [0.29, 0.717) is 0 Å². The van der Waals surface area contributed by atoms with Crippen molar-refractivity contribution in [1.29, 1.82) is 0 Å². The van der Waals surface area contributed by atoms with Gasteiger partial charge in [0.2, 0.25) is 0 Å². The highest BCUT2D eigenvalue weighted by molar-refractivity contribution is 7.15. The fraction of sp³-hybridized carbons (Fsp3) is 0.600. The molecule has 0 radical (unpaired) electrons. The van der Waals surface area contributed by atoms with E-state index < -0.39 is 6.09 Å². The zero-order valence-corrected chi connectivity index (χ0v) is 10.6. The van der Waals surface area contributed by atoms with E-state index in [1.165, 1.54) is 0 Å². The number of hydrogen-bond acceptors (Lipinski definition) is 6. The maximum atomic E-state index is 10.5. The number of rotatable bonds is 3. The van der Waals surface area contributed by atoms with Gasteiger partial charge in [0.15, 0.2) is 5.13 Å². The summed E-state index contributed by atoms with van der Waals surface area (Å²) in [5.41, 5.74) is 4.91. The minimum absolute atomic E-state index is 0.209. The topological polar surface area (TPSA) is 71.7 Å². The minimum Gasteiger partial charge on any atom is -0.444 e. The molecule has 0 bridgehead atoms. The molecule has 6 nitrogen and oxygen atoms in total. The van der Waals surface area contributed by atoms with Crippen molar-refractivity contribution >= 4 is 22.6 Å². The van der Waals surface area contributed by atoms with Crippen LogP contribution in [0.4, 0.5) is 9.93 Å². The van der Waals surface area contributed by atoms with Gasteiger partial charge in [0.05, 0.1) is 4.88 Å². The van der Waals surface area contributed by atoms with Gasteiger partial charge in [-0.1, -0.05) is 11.3 Å². The second-order valence-corrected chi connectivity index (χ2v) is 5.10. The van der Waals surface area contributed by atoms with E-state index in [9.17, 15) is 4.79 Å². The Kier molecular flexibility index (Phi) is 3.80. The molecular formula is C10H16N4O2S. The van der Waals surface area contributed by atoms with Crippen LogP contribution in [0.25, 0.3) is 0 Å². The lowest BCUT2D eigenvalue weighted by Crippen LogP contribution is -2.44. The minimum atomic E-state index is -0.750. The number of nitrogens with zero attached hydrogens (tertiary/aromatic N) is 3. The Hall–Kier alpha value is -1.34. The molecule has 1 saturated heterocycles. The highest BCUT2D eigenvalue weighted by Gasteiger charge is 2.17. The summed E-state index contributed by atoms with van der Waals surface area (Å²) in [4.78, 5) is 20.3. The largest absolute Gasteiger partial charge is 0.444 e. The molecule has 0 aromatic carbocycles. The summed E-state index contributed by atoms with van der Waals surface area (Å²) in [6, 6.07) is 0. The van der Waals surface area contributed by atoms with Gasteiger partial charge in [-0.3, -0.25) is 0 Å². The summed E-state index contributed by atoms with van der Waals surface area (Å²) < 4.78 is 4.73. The smallest absolute Gasteiger partial charge is 0.404 e. The summed E-state index contributed by atoms with van der Waals surface area (Å²) in [5.74, 6) is 0. The predicted octanol–water partition coefficient (Wildman–Crippen LogP) is 0.490. The van der Waals surface area contributed by atoms with E-state index in [0.717, 1.165) is 36.2 Å². The van der Waals surface area contributed by atoms with Crippen LogP contribution >= 0.6 is 11.3 Å². The number of primary amides is 1. The zero-order chi connectivity index (χ0) is 12.3. The van der Waals surface area contributed by atoms with E-state index in [-0.39, 0.29) is 6.61 Å². The van der Waals surface area contributed by atoms with Crippen LogP contribution in [-0.4, -0.2) is 49.2 Å². The van der Waals surface area contributed by atoms with Crippen molar-refractivity contribution in [2.45, 2.75) is 6.61 Å². The maximum Gasteiger partial charge on any atom is 0.404 e. The molecule has 2 rings (SSSR count). The molecule has 1 aliphatic rings. The molecule has 0 aliphatic carbocycles. The van der Waals surface area contributed by atoms with Gasteiger partial charge in [-0.2, -0.15) is 0 Å². The summed E-state index contributed by atoms with van der Waals surface area (Å²) >= 11 is 1.55. The second kappa shape index (κ2) is 5.33. The zero-order valence-electron chi connectivity index (χ0n) is 9.76. The van der Waals surface area contributed by atoms with Gasteiger partial charge in [-0.15, -0.1) is 0 Å². The van der Waals surface area contributed by atoms with E-state index in [1.807, 2.05) is 0 Å². The summed E-state index contributed by atoms with van der Waals surface area (Å²) in [5, 5.41) is 0.987. The van der Waals surface area contributed by atoms with Crippen molar-refractivity contribution in [2.24, 2.45) is 5.73 Å². The number of piperazine rings is 1. The first-order valence-corrected chi connectivity index (χ1v) is 6.27. The van der Waals surface area contributed by atoms with Crippen LogP contribution in [0.3, 0.4) is 0 Å². The normalized spacial score (nSPS) is 17.1. The lowest BCUT2D eigenvalue weighted by Gasteiger charge is -2.32. The Balaban J connectivity index is 1.91. The van der Waals surface area contributed by atoms with E-state index >= 15 is 0 Å². The molecule has 17 heavy (non-hydrogen) atoms. The van der Waals surface area contributed by atoms with Gasteiger partial charge in [0, 0.05) is 32.4 Å². The number of amides is 1. The number of nitrogens with two attached hydrogens (primary N) is 1. The summed E-state index contributed by atoms with van der Waals surface area (Å²) in [6.45, 7) is 4.28. The molecule has 94 valence electrons. The standard InChI is InChI=1S/C10H16N4O2S/c1-13-2-4-14(5-3-13)10-12-6-8(17-10)7-16-9(11)15/h6H,2-5,7H2,1H3,(H2,11,15). The number of aromatic nitrogens is 1. The molecule has 0 unspecified atom stereocenters. The number of thiazole rings is 1. The molecule has 1 aromatic heterocycles. The van der Waals surface area contributed by atoms with E-state index in [4.69, 9.17) is 10.5 Å². The van der Waals surface area contributed by atoms with Gasteiger partial charge in [-0.25, -0.2) is 9.78 Å². The Bertz CT molecular complexity index is 387. The van der Waals surface area contributed by atoms with Crippen molar-refractivity contribution in [3.63, 3.8) is 0 Å². The number of carbonyl (C=O) groups excluding carboxylic acids is 1. The molecule has 0 spiro atoms. The molecule has 1 amide bonds. The van der Waals surface area contributed by atoms with Crippen LogP contribution in [0, 0.1) is 0 Å². The third-order valence-electron chi connectivity index (χ3n) is 2.67. The Morgan fingerprint density at radius 3 is 2.88 bits per heavy atom. The van der Waals surface area contributed by atoms with Crippen LogP contribution < -0.4 is 10.6 Å². The number of carbonyl (C=O) groups is 1. The number of ether oxygens (including phenoxy) is 1. The molecule has 1 fully saturated rings.